The molecule has 0 aliphatic heterocycles. The number of nitro groups is 1. The zero-order valence-electron chi connectivity index (χ0n) is 9.53. The molecule has 0 atom stereocenters. The number of anilines is 1. The van der Waals surface area contributed by atoms with Gasteiger partial charge in [-0.3, -0.25) is 10.1 Å². The van der Waals surface area contributed by atoms with E-state index in [9.17, 15) is 10.1 Å². The first-order valence-electron chi connectivity index (χ1n) is 5.13. The molecule has 0 saturated carbocycles. The van der Waals surface area contributed by atoms with Crippen LogP contribution in [0.2, 0.25) is 0 Å². The van der Waals surface area contributed by atoms with Gasteiger partial charge in [-0.25, -0.2) is 0 Å². The molecule has 0 unspecified atom stereocenters. The highest BCUT2D eigenvalue weighted by Gasteiger charge is 2.12. The van der Waals surface area contributed by atoms with Crippen LogP contribution in [0.15, 0.2) is 18.2 Å². The standard InChI is InChI=1S/C11H16N2O2S/c1-9-4-5-10(11(8-9)13(14)15)12-6-3-7-16-2/h4-5,8,12H,3,6-7H2,1-2H3. The monoisotopic (exact) mass is 240 g/mol. The van der Waals surface area contributed by atoms with Crippen LogP contribution in [0.25, 0.3) is 0 Å². The summed E-state index contributed by atoms with van der Waals surface area (Å²) in [5.74, 6) is 1.06. The van der Waals surface area contributed by atoms with Crippen LogP contribution in [0, 0.1) is 17.0 Å². The molecular formula is C11H16N2O2S. The maximum atomic E-state index is 10.8. The van der Waals surface area contributed by atoms with Gasteiger partial charge in [0.1, 0.15) is 5.69 Å². The average Bonchev–Trinajstić information content (AvgIpc) is 2.26. The van der Waals surface area contributed by atoms with Gasteiger partial charge in [-0.2, -0.15) is 11.8 Å². The van der Waals surface area contributed by atoms with Crippen molar-refractivity contribution in [1.82, 2.24) is 0 Å². The van der Waals surface area contributed by atoms with Gasteiger partial charge in [-0.1, -0.05) is 6.07 Å². The van der Waals surface area contributed by atoms with Crippen LogP contribution in [0.1, 0.15) is 12.0 Å². The molecule has 0 aromatic heterocycles. The first kappa shape index (κ1) is 12.8. The third-order valence-corrected chi connectivity index (χ3v) is 2.89. The highest BCUT2D eigenvalue weighted by Crippen LogP contribution is 2.25. The molecule has 1 N–H and O–H groups in total. The smallest absolute Gasteiger partial charge is 0.292 e. The van der Waals surface area contributed by atoms with Crippen LogP contribution in [0.5, 0.6) is 0 Å². The first-order chi connectivity index (χ1) is 7.65. The summed E-state index contributed by atoms with van der Waals surface area (Å²) in [6.45, 7) is 2.62. The number of thioether (sulfide) groups is 1. The number of hydrogen-bond acceptors (Lipinski definition) is 4. The summed E-state index contributed by atoms with van der Waals surface area (Å²) in [6, 6.07) is 5.24. The van der Waals surface area contributed by atoms with Crippen molar-refractivity contribution in [1.29, 1.82) is 0 Å². The van der Waals surface area contributed by atoms with Gasteiger partial charge in [0.2, 0.25) is 0 Å². The van der Waals surface area contributed by atoms with E-state index < -0.39 is 0 Å². The number of hydrogen-bond donors (Lipinski definition) is 1. The Kier molecular flexibility index (Phi) is 5.11. The van der Waals surface area contributed by atoms with Crippen molar-refractivity contribution in [3.8, 4) is 0 Å². The molecular weight excluding hydrogens is 224 g/mol. The van der Waals surface area contributed by atoms with E-state index in [1.165, 1.54) is 0 Å². The number of rotatable bonds is 6. The van der Waals surface area contributed by atoms with E-state index in [1.807, 2.05) is 19.2 Å². The number of nitro benzene ring substituents is 1. The van der Waals surface area contributed by atoms with Crippen LogP contribution < -0.4 is 5.32 Å². The third-order valence-electron chi connectivity index (χ3n) is 2.19. The van der Waals surface area contributed by atoms with E-state index in [2.05, 4.69) is 5.32 Å². The fourth-order valence-corrected chi connectivity index (χ4v) is 1.81. The van der Waals surface area contributed by atoms with Crippen LogP contribution in [-0.2, 0) is 0 Å². The van der Waals surface area contributed by atoms with Gasteiger partial charge < -0.3 is 5.32 Å². The molecule has 0 fully saturated rings. The topological polar surface area (TPSA) is 55.2 Å². The Morgan fingerprint density at radius 2 is 2.25 bits per heavy atom. The Bertz CT molecular complexity index is 369. The van der Waals surface area contributed by atoms with Crippen molar-refractivity contribution >= 4 is 23.1 Å². The summed E-state index contributed by atoms with van der Waals surface area (Å²) in [4.78, 5) is 10.5. The fraction of sp³-hybridized carbons (Fsp3) is 0.455. The molecule has 0 spiro atoms. The maximum Gasteiger partial charge on any atom is 0.292 e. The lowest BCUT2D eigenvalue weighted by molar-refractivity contribution is -0.384. The molecule has 0 aliphatic rings. The SMILES string of the molecule is CSCCCNc1ccc(C)cc1[N+](=O)[O-]. The maximum absolute atomic E-state index is 10.8. The summed E-state index contributed by atoms with van der Waals surface area (Å²) >= 11 is 1.78. The second-order valence-corrected chi connectivity index (χ2v) is 4.54. The number of nitrogens with zero attached hydrogens (tertiary/aromatic N) is 1. The predicted molar refractivity (Wildman–Crippen MR) is 69.3 cm³/mol. The lowest BCUT2D eigenvalue weighted by Crippen LogP contribution is -2.05. The lowest BCUT2D eigenvalue weighted by atomic mass is 10.2. The summed E-state index contributed by atoms with van der Waals surface area (Å²) in [6.07, 6.45) is 3.06. The highest BCUT2D eigenvalue weighted by atomic mass is 32.2. The van der Waals surface area contributed by atoms with Gasteiger partial charge >= 0.3 is 0 Å². The first-order valence-corrected chi connectivity index (χ1v) is 6.52. The molecule has 16 heavy (non-hydrogen) atoms. The normalized spacial score (nSPS) is 10.1. The van der Waals surface area contributed by atoms with Crippen LogP contribution in [0.3, 0.4) is 0 Å². The van der Waals surface area contributed by atoms with E-state index in [-0.39, 0.29) is 10.6 Å². The van der Waals surface area contributed by atoms with E-state index in [1.54, 1.807) is 23.9 Å². The van der Waals surface area contributed by atoms with E-state index in [0.717, 1.165) is 24.3 Å². The number of nitrogens with one attached hydrogen (secondary N) is 1. The summed E-state index contributed by atoms with van der Waals surface area (Å²) in [7, 11) is 0. The molecule has 0 saturated heterocycles. The molecule has 5 heteroatoms. The Morgan fingerprint density at radius 1 is 1.50 bits per heavy atom. The Labute approximate surface area is 99.6 Å². The van der Waals surface area contributed by atoms with Crippen LogP contribution in [-0.4, -0.2) is 23.5 Å². The third kappa shape index (κ3) is 3.73. The summed E-state index contributed by atoms with van der Waals surface area (Å²) in [5.41, 5.74) is 1.67. The second-order valence-electron chi connectivity index (χ2n) is 3.55. The minimum atomic E-state index is -0.343. The second kappa shape index (κ2) is 6.37. The molecule has 0 bridgehead atoms. The van der Waals surface area contributed by atoms with Gasteiger partial charge in [-0.15, -0.1) is 0 Å². The highest BCUT2D eigenvalue weighted by molar-refractivity contribution is 7.98. The quantitative estimate of drug-likeness (QED) is 0.471. The fourth-order valence-electron chi connectivity index (χ4n) is 1.38. The average molecular weight is 240 g/mol. The molecule has 1 rings (SSSR count). The number of aryl methyl sites for hydroxylation is 1. The molecule has 1 aromatic rings. The molecule has 1 aromatic carbocycles. The van der Waals surface area contributed by atoms with Gasteiger partial charge in [0.25, 0.3) is 5.69 Å². The zero-order chi connectivity index (χ0) is 12.0. The van der Waals surface area contributed by atoms with Crippen molar-refractivity contribution < 1.29 is 4.92 Å². The van der Waals surface area contributed by atoms with Crippen molar-refractivity contribution in [3.05, 3.63) is 33.9 Å². The van der Waals surface area contributed by atoms with Crippen molar-refractivity contribution in [2.75, 3.05) is 23.9 Å². The summed E-state index contributed by atoms with van der Waals surface area (Å²) in [5, 5.41) is 13.9. The van der Waals surface area contributed by atoms with Gasteiger partial charge in [0.15, 0.2) is 0 Å². The van der Waals surface area contributed by atoms with Crippen molar-refractivity contribution in [2.45, 2.75) is 13.3 Å². The Hall–Kier alpha value is -1.23. The summed E-state index contributed by atoms with van der Waals surface area (Å²) < 4.78 is 0. The van der Waals surface area contributed by atoms with E-state index >= 15 is 0 Å². The van der Waals surface area contributed by atoms with Crippen LogP contribution in [0.4, 0.5) is 11.4 Å². The van der Waals surface area contributed by atoms with Gasteiger partial charge in [-0.05, 0) is 37.0 Å². The minimum Gasteiger partial charge on any atom is -0.379 e. The molecule has 0 heterocycles. The molecule has 0 amide bonds. The van der Waals surface area contributed by atoms with Gasteiger partial charge in [0, 0.05) is 12.6 Å². The molecule has 88 valence electrons. The Morgan fingerprint density at radius 3 is 2.88 bits per heavy atom. The van der Waals surface area contributed by atoms with Crippen LogP contribution >= 0.6 is 11.8 Å². The molecule has 4 nitrogen and oxygen atoms in total. The largest absolute Gasteiger partial charge is 0.379 e. The predicted octanol–water partition coefficient (Wildman–Crippen LogP) is 3.07. The van der Waals surface area contributed by atoms with Crippen molar-refractivity contribution in [2.24, 2.45) is 0 Å². The van der Waals surface area contributed by atoms with E-state index in [4.69, 9.17) is 0 Å². The lowest BCUT2D eigenvalue weighted by Gasteiger charge is -2.06. The Balaban J connectivity index is 2.67. The van der Waals surface area contributed by atoms with Gasteiger partial charge in [0.05, 0.1) is 4.92 Å². The molecule has 0 radical (unpaired) electrons. The zero-order valence-corrected chi connectivity index (χ0v) is 10.3. The number of benzene rings is 1. The van der Waals surface area contributed by atoms with Crippen molar-refractivity contribution in [3.63, 3.8) is 0 Å². The molecule has 0 aliphatic carbocycles. The van der Waals surface area contributed by atoms with E-state index in [0.29, 0.717) is 5.69 Å². The minimum absolute atomic E-state index is 0.157.